The van der Waals surface area contributed by atoms with Crippen molar-refractivity contribution in [2.75, 3.05) is 19.8 Å². The molecule has 0 unspecified atom stereocenters. The van der Waals surface area contributed by atoms with Crippen LogP contribution in [-0.4, -0.2) is 19.8 Å². The molecule has 7 heteroatoms. The van der Waals surface area contributed by atoms with Crippen LogP contribution in [0.3, 0.4) is 0 Å². The lowest BCUT2D eigenvalue weighted by molar-refractivity contribution is -0.199. The molecule has 1 aliphatic heterocycles. The monoisotopic (exact) mass is 514 g/mol. The fourth-order valence-corrected chi connectivity index (χ4v) is 4.28. The molecule has 0 amide bonds. The van der Waals surface area contributed by atoms with Crippen molar-refractivity contribution in [3.05, 3.63) is 89.5 Å². The van der Waals surface area contributed by atoms with Gasteiger partial charge in [-0.2, -0.15) is 4.39 Å². The molecule has 3 aromatic rings. The van der Waals surface area contributed by atoms with Gasteiger partial charge in [0.05, 0.1) is 19.8 Å². The van der Waals surface area contributed by atoms with Crippen LogP contribution in [0.1, 0.15) is 45.0 Å². The molecule has 1 saturated heterocycles. The molecule has 4 rings (SSSR count). The average molecular weight is 515 g/mol. The Balaban J connectivity index is 1.50. The SMILES string of the molecule is C/C=C/C1COC(c2ccc(-c3ccc(-c4ccc(OCCCCC)c(F)c4F)cc3)c(F)c2F)OC1. The van der Waals surface area contributed by atoms with Crippen molar-refractivity contribution < 1.29 is 31.8 Å². The Morgan fingerprint density at radius 3 is 1.97 bits per heavy atom. The van der Waals surface area contributed by atoms with Crippen LogP contribution in [0.15, 0.2) is 60.7 Å². The minimum atomic E-state index is -1.05. The molecule has 0 atom stereocenters. The fraction of sp³-hybridized carbons (Fsp3) is 0.333. The van der Waals surface area contributed by atoms with Gasteiger partial charge in [-0.3, -0.25) is 0 Å². The van der Waals surface area contributed by atoms with Crippen LogP contribution >= 0.6 is 0 Å². The standard InChI is InChI=1S/C30H30F4O3/c1-3-5-6-16-35-25-15-14-23(27(32)29(25)34)21-10-8-20(9-11-21)22-12-13-24(28(33)26(22)31)30-36-17-19(7-4-2)18-37-30/h4,7-15,19,30H,3,5-6,16-18H2,1-2H3/b7-4+. The molecule has 1 heterocycles. The van der Waals surface area contributed by atoms with E-state index in [-0.39, 0.29) is 28.4 Å². The second kappa shape index (κ2) is 12.4. The molecule has 1 fully saturated rings. The maximum atomic E-state index is 15.0. The molecule has 0 bridgehead atoms. The van der Waals surface area contributed by atoms with Gasteiger partial charge in [0.25, 0.3) is 0 Å². The van der Waals surface area contributed by atoms with Gasteiger partial charge in [0.15, 0.2) is 29.5 Å². The zero-order valence-electron chi connectivity index (χ0n) is 20.9. The Kier molecular flexibility index (Phi) is 9.00. The summed E-state index contributed by atoms with van der Waals surface area (Å²) in [7, 11) is 0. The number of ether oxygens (including phenoxy) is 3. The van der Waals surface area contributed by atoms with E-state index in [9.17, 15) is 13.2 Å². The lowest BCUT2D eigenvalue weighted by atomic mass is 9.98. The summed E-state index contributed by atoms with van der Waals surface area (Å²) in [5.41, 5.74) is 0.871. The molecule has 0 saturated carbocycles. The Bertz CT molecular complexity index is 1230. The Morgan fingerprint density at radius 2 is 1.38 bits per heavy atom. The first-order valence-electron chi connectivity index (χ1n) is 12.5. The van der Waals surface area contributed by atoms with Crippen LogP contribution in [0.5, 0.6) is 5.75 Å². The van der Waals surface area contributed by atoms with E-state index in [0.717, 1.165) is 19.3 Å². The smallest absolute Gasteiger partial charge is 0.201 e. The van der Waals surface area contributed by atoms with Crippen LogP contribution in [-0.2, 0) is 9.47 Å². The van der Waals surface area contributed by atoms with E-state index in [1.54, 1.807) is 0 Å². The molecule has 0 spiro atoms. The van der Waals surface area contributed by atoms with Crippen LogP contribution in [0.2, 0.25) is 0 Å². The number of hydrogen-bond donors (Lipinski definition) is 0. The number of benzene rings is 3. The van der Waals surface area contributed by atoms with E-state index in [1.165, 1.54) is 48.5 Å². The average Bonchev–Trinajstić information content (AvgIpc) is 2.91. The molecule has 1 aliphatic rings. The summed E-state index contributed by atoms with van der Waals surface area (Å²) in [6.45, 7) is 4.95. The third-order valence-corrected chi connectivity index (χ3v) is 6.31. The molecular weight excluding hydrogens is 484 g/mol. The molecule has 0 N–H and O–H groups in total. The van der Waals surface area contributed by atoms with Gasteiger partial charge >= 0.3 is 0 Å². The first-order valence-corrected chi connectivity index (χ1v) is 12.5. The highest BCUT2D eigenvalue weighted by Gasteiger charge is 2.27. The summed E-state index contributed by atoms with van der Waals surface area (Å²) in [6, 6.07) is 11.9. The van der Waals surface area contributed by atoms with Crippen LogP contribution in [0, 0.1) is 29.2 Å². The van der Waals surface area contributed by atoms with Crippen molar-refractivity contribution in [1.82, 2.24) is 0 Å². The van der Waals surface area contributed by atoms with Crippen molar-refractivity contribution in [1.29, 1.82) is 0 Å². The van der Waals surface area contributed by atoms with E-state index in [1.807, 2.05) is 26.0 Å². The van der Waals surface area contributed by atoms with Crippen molar-refractivity contribution in [3.8, 4) is 28.0 Å². The summed E-state index contributed by atoms with van der Waals surface area (Å²) in [5, 5.41) is 0. The van der Waals surface area contributed by atoms with Gasteiger partial charge in [-0.05, 0) is 36.6 Å². The molecule has 3 nitrogen and oxygen atoms in total. The minimum absolute atomic E-state index is 0.00801. The third-order valence-electron chi connectivity index (χ3n) is 6.31. The van der Waals surface area contributed by atoms with Gasteiger partial charge in [0.2, 0.25) is 5.82 Å². The summed E-state index contributed by atoms with van der Waals surface area (Å²) in [5.74, 6) is -4.21. The molecule has 0 aliphatic carbocycles. The third kappa shape index (κ3) is 6.05. The number of unbranched alkanes of at least 4 members (excludes halogenated alkanes) is 2. The largest absolute Gasteiger partial charge is 0.490 e. The Labute approximate surface area is 214 Å². The van der Waals surface area contributed by atoms with Crippen molar-refractivity contribution in [2.45, 2.75) is 39.4 Å². The number of rotatable bonds is 9. The normalized spacial score (nSPS) is 17.9. The van der Waals surface area contributed by atoms with Crippen LogP contribution in [0.4, 0.5) is 17.6 Å². The Morgan fingerprint density at radius 1 is 0.784 bits per heavy atom. The second-order valence-electron chi connectivity index (χ2n) is 8.99. The summed E-state index contributed by atoms with van der Waals surface area (Å²) >= 11 is 0. The highest BCUT2D eigenvalue weighted by molar-refractivity contribution is 5.71. The summed E-state index contributed by atoms with van der Waals surface area (Å²) in [4.78, 5) is 0. The first kappa shape index (κ1) is 26.9. The number of halogens is 4. The van der Waals surface area contributed by atoms with Gasteiger partial charge in [0.1, 0.15) is 0 Å². The fourth-order valence-electron chi connectivity index (χ4n) is 4.28. The van der Waals surface area contributed by atoms with Gasteiger partial charge in [-0.1, -0.05) is 68.3 Å². The first-order chi connectivity index (χ1) is 17.9. The molecule has 0 radical (unpaired) electrons. The number of allylic oxidation sites excluding steroid dienone is 1. The summed E-state index contributed by atoms with van der Waals surface area (Å²) in [6.07, 6.45) is 5.55. The zero-order valence-corrected chi connectivity index (χ0v) is 20.9. The van der Waals surface area contributed by atoms with Crippen molar-refractivity contribution in [3.63, 3.8) is 0 Å². The van der Waals surface area contributed by atoms with Gasteiger partial charge in [-0.25, -0.2) is 13.2 Å². The van der Waals surface area contributed by atoms with E-state index in [2.05, 4.69) is 0 Å². The lowest BCUT2D eigenvalue weighted by Crippen LogP contribution is -2.26. The Hall–Kier alpha value is -3.16. The van der Waals surface area contributed by atoms with Gasteiger partial charge in [-0.15, -0.1) is 0 Å². The molecule has 3 aromatic carbocycles. The predicted molar refractivity (Wildman–Crippen MR) is 135 cm³/mol. The van der Waals surface area contributed by atoms with Gasteiger partial charge < -0.3 is 14.2 Å². The second-order valence-corrected chi connectivity index (χ2v) is 8.99. The van der Waals surface area contributed by atoms with Crippen molar-refractivity contribution in [2.24, 2.45) is 5.92 Å². The highest BCUT2D eigenvalue weighted by Crippen LogP contribution is 2.35. The van der Waals surface area contributed by atoms with Gasteiger partial charge in [0, 0.05) is 22.6 Å². The quantitative estimate of drug-likeness (QED) is 0.163. The number of hydrogen-bond acceptors (Lipinski definition) is 3. The van der Waals surface area contributed by atoms with Crippen LogP contribution < -0.4 is 4.74 Å². The molecule has 196 valence electrons. The molecule has 0 aromatic heterocycles. The summed E-state index contributed by atoms with van der Waals surface area (Å²) < 4.78 is 75.8. The molecular formula is C30H30F4O3. The predicted octanol–water partition coefficient (Wildman–Crippen LogP) is 8.38. The van der Waals surface area contributed by atoms with E-state index in [4.69, 9.17) is 14.2 Å². The molecule has 37 heavy (non-hydrogen) atoms. The van der Waals surface area contributed by atoms with E-state index >= 15 is 4.39 Å². The van der Waals surface area contributed by atoms with Crippen molar-refractivity contribution >= 4 is 0 Å². The maximum absolute atomic E-state index is 15.0. The maximum Gasteiger partial charge on any atom is 0.201 e. The van der Waals surface area contributed by atoms with E-state index < -0.39 is 29.6 Å². The topological polar surface area (TPSA) is 27.7 Å². The lowest BCUT2D eigenvalue weighted by Gasteiger charge is -2.28. The highest BCUT2D eigenvalue weighted by atomic mass is 19.2. The zero-order chi connectivity index (χ0) is 26.4. The van der Waals surface area contributed by atoms with Crippen LogP contribution in [0.25, 0.3) is 22.3 Å². The minimum Gasteiger partial charge on any atom is -0.490 e. The van der Waals surface area contributed by atoms with E-state index in [0.29, 0.717) is 30.9 Å².